The summed E-state index contributed by atoms with van der Waals surface area (Å²) in [7, 11) is 1.64. The van der Waals surface area contributed by atoms with Crippen molar-refractivity contribution >= 4 is 5.97 Å². The monoisotopic (exact) mass is 271 g/mol. The van der Waals surface area contributed by atoms with Crippen LogP contribution in [0.25, 0.3) is 0 Å². The van der Waals surface area contributed by atoms with Crippen LogP contribution < -0.4 is 5.32 Å². The molecule has 0 aliphatic carbocycles. The van der Waals surface area contributed by atoms with E-state index in [4.69, 9.17) is 19.0 Å². The van der Waals surface area contributed by atoms with E-state index < -0.39 is 5.97 Å². The van der Waals surface area contributed by atoms with Crippen LogP contribution in [0.1, 0.15) is 28.3 Å². The van der Waals surface area contributed by atoms with Gasteiger partial charge in [0.05, 0.1) is 19.8 Å². The molecule has 0 spiro atoms. The molecule has 0 atom stereocenters. The van der Waals surface area contributed by atoms with Gasteiger partial charge in [-0.25, -0.2) is 4.79 Å². The minimum absolute atomic E-state index is 0.0136. The van der Waals surface area contributed by atoms with E-state index in [0.717, 1.165) is 13.0 Å². The maximum atomic E-state index is 10.8. The van der Waals surface area contributed by atoms with Gasteiger partial charge in [0.15, 0.2) is 0 Å². The Morgan fingerprint density at radius 3 is 2.84 bits per heavy atom. The number of ether oxygens (including phenoxy) is 2. The highest BCUT2D eigenvalue weighted by Gasteiger charge is 2.13. The minimum Gasteiger partial charge on any atom is -0.475 e. The molecule has 0 saturated heterocycles. The van der Waals surface area contributed by atoms with Crippen LogP contribution >= 0.6 is 0 Å². The molecular weight excluding hydrogens is 250 g/mol. The highest BCUT2D eigenvalue weighted by Crippen LogP contribution is 2.14. The number of hydrogen-bond donors (Lipinski definition) is 2. The van der Waals surface area contributed by atoms with Crippen LogP contribution in [0, 0.1) is 6.92 Å². The third-order valence-corrected chi connectivity index (χ3v) is 2.54. The first-order chi connectivity index (χ1) is 9.15. The number of carboxylic acid groups (broad SMARTS) is 1. The molecule has 2 N–H and O–H groups in total. The van der Waals surface area contributed by atoms with Crippen LogP contribution in [0.15, 0.2) is 10.5 Å². The van der Waals surface area contributed by atoms with E-state index >= 15 is 0 Å². The molecule has 6 heteroatoms. The number of rotatable bonds is 10. The lowest BCUT2D eigenvalue weighted by Gasteiger charge is -2.04. The third-order valence-electron chi connectivity index (χ3n) is 2.54. The Morgan fingerprint density at radius 1 is 1.42 bits per heavy atom. The van der Waals surface area contributed by atoms with Crippen LogP contribution in [0.2, 0.25) is 0 Å². The van der Waals surface area contributed by atoms with Crippen molar-refractivity contribution < 1.29 is 23.8 Å². The summed E-state index contributed by atoms with van der Waals surface area (Å²) in [5.74, 6) is -0.384. The van der Waals surface area contributed by atoms with Gasteiger partial charge in [0.25, 0.3) is 0 Å². The molecule has 0 aliphatic rings. The molecule has 1 rings (SSSR count). The minimum atomic E-state index is -1.03. The summed E-state index contributed by atoms with van der Waals surface area (Å²) in [6, 6.07) is 1.74. The van der Waals surface area contributed by atoms with Gasteiger partial charge < -0.3 is 24.3 Å². The zero-order valence-electron chi connectivity index (χ0n) is 11.4. The van der Waals surface area contributed by atoms with Crippen molar-refractivity contribution in [3.8, 4) is 0 Å². The molecule has 0 radical (unpaired) electrons. The summed E-state index contributed by atoms with van der Waals surface area (Å²) in [5, 5.41) is 12.0. The van der Waals surface area contributed by atoms with Gasteiger partial charge in [-0.2, -0.15) is 0 Å². The van der Waals surface area contributed by atoms with Crippen LogP contribution in [-0.2, 0) is 16.0 Å². The number of furan rings is 1. The van der Waals surface area contributed by atoms with Crippen LogP contribution in [0.4, 0.5) is 0 Å². The summed E-state index contributed by atoms with van der Waals surface area (Å²) < 4.78 is 15.4. The second kappa shape index (κ2) is 8.68. The number of carbonyl (C=O) groups is 1. The Morgan fingerprint density at radius 2 is 2.21 bits per heavy atom. The van der Waals surface area contributed by atoms with Crippen molar-refractivity contribution in [2.75, 3.05) is 33.5 Å². The molecule has 0 saturated carbocycles. The van der Waals surface area contributed by atoms with Crippen molar-refractivity contribution in [3.63, 3.8) is 0 Å². The van der Waals surface area contributed by atoms with Gasteiger partial charge in [-0.3, -0.25) is 0 Å². The normalized spacial score (nSPS) is 10.8. The summed E-state index contributed by atoms with van der Waals surface area (Å²) >= 11 is 0. The second-order valence-corrected chi connectivity index (χ2v) is 4.17. The Balaban J connectivity index is 2.12. The fourth-order valence-electron chi connectivity index (χ4n) is 1.60. The first-order valence-electron chi connectivity index (χ1n) is 6.25. The van der Waals surface area contributed by atoms with Crippen molar-refractivity contribution in [3.05, 3.63) is 23.2 Å². The van der Waals surface area contributed by atoms with Gasteiger partial charge in [-0.1, -0.05) is 0 Å². The molecule has 6 nitrogen and oxygen atoms in total. The molecular formula is C13H21NO5. The third kappa shape index (κ3) is 5.87. The first-order valence-corrected chi connectivity index (χ1v) is 6.25. The molecule has 0 unspecified atom stereocenters. The van der Waals surface area contributed by atoms with Gasteiger partial charge in [0, 0.05) is 19.3 Å². The lowest BCUT2D eigenvalue weighted by atomic mass is 10.2. The summed E-state index contributed by atoms with van der Waals surface area (Å²) in [6.45, 7) is 4.92. The smallest absolute Gasteiger partial charge is 0.372 e. The van der Waals surface area contributed by atoms with Crippen molar-refractivity contribution in [1.82, 2.24) is 5.32 Å². The number of carboxylic acids is 1. The van der Waals surface area contributed by atoms with Gasteiger partial charge in [0.2, 0.25) is 5.76 Å². The topological polar surface area (TPSA) is 80.9 Å². The number of nitrogens with one attached hydrogen (secondary N) is 1. The lowest BCUT2D eigenvalue weighted by molar-refractivity contribution is 0.0658. The summed E-state index contributed by atoms with van der Waals surface area (Å²) in [5.41, 5.74) is 0.646. The zero-order valence-corrected chi connectivity index (χ0v) is 11.4. The van der Waals surface area contributed by atoms with Gasteiger partial charge in [0.1, 0.15) is 5.76 Å². The Labute approximate surface area is 112 Å². The molecule has 19 heavy (non-hydrogen) atoms. The molecule has 1 heterocycles. The fourth-order valence-corrected chi connectivity index (χ4v) is 1.60. The van der Waals surface area contributed by atoms with Gasteiger partial charge >= 0.3 is 5.97 Å². The molecule has 1 aromatic rings. The molecule has 1 aromatic heterocycles. The average Bonchev–Trinajstić information content (AvgIpc) is 2.74. The fraction of sp³-hybridized carbons (Fsp3) is 0.615. The molecule has 0 fully saturated rings. The molecule has 0 aliphatic heterocycles. The highest BCUT2D eigenvalue weighted by molar-refractivity contribution is 5.86. The standard InChI is InChI=1S/C13H21NO5/c1-10-8-11(19-12(10)13(15)16)9-14-4-3-5-18-7-6-17-2/h8,14H,3-7,9H2,1-2H3,(H,15,16). The van der Waals surface area contributed by atoms with Crippen LogP contribution in [-0.4, -0.2) is 44.6 Å². The van der Waals surface area contributed by atoms with Crippen LogP contribution in [0.3, 0.4) is 0 Å². The predicted octanol–water partition coefficient (Wildman–Crippen LogP) is 1.43. The molecule has 0 bridgehead atoms. The second-order valence-electron chi connectivity index (χ2n) is 4.17. The van der Waals surface area contributed by atoms with Gasteiger partial charge in [-0.15, -0.1) is 0 Å². The Bertz CT molecular complexity index is 388. The van der Waals surface area contributed by atoms with Crippen molar-refractivity contribution in [1.29, 1.82) is 0 Å². The zero-order chi connectivity index (χ0) is 14.1. The van der Waals surface area contributed by atoms with E-state index in [0.29, 0.717) is 37.7 Å². The highest BCUT2D eigenvalue weighted by atomic mass is 16.5. The number of methoxy groups -OCH3 is 1. The van der Waals surface area contributed by atoms with Crippen molar-refractivity contribution in [2.45, 2.75) is 19.9 Å². The quantitative estimate of drug-likeness (QED) is 0.627. The molecule has 0 amide bonds. The van der Waals surface area contributed by atoms with E-state index in [9.17, 15) is 4.79 Å². The average molecular weight is 271 g/mol. The van der Waals surface area contributed by atoms with E-state index in [2.05, 4.69) is 5.32 Å². The SMILES string of the molecule is COCCOCCCNCc1cc(C)c(C(=O)O)o1. The Hall–Kier alpha value is -1.37. The maximum absolute atomic E-state index is 10.8. The van der Waals surface area contributed by atoms with Crippen molar-refractivity contribution in [2.24, 2.45) is 0 Å². The molecule has 108 valence electrons. The number of hydrogen-bond acceptors (Lipinski definition) is 5. The van der Waals surface area contributed by atoms with E-state index in [-0.39, 0.29) is 5.76 Å². The maximum Gasteiger partial charge on any atom is 0.372 e. The van der Waals surface area contributed by atoms with E-state index in [1.807, 2.05) is 0 Å². The Kier molecular flexibility index (Phi) is 7.17. The largest absolute Gasteiger partial charge is 0.475 e. The van der Waals surface area contributed by atoms with Crippen LogP contribution in [0.5, 0.6) is 0 Å². The summed E-state index contributed by atoms with van der Waals surface area (Å²) in [4.78, 5) is 10.8. The first kappa shape index (κ1) is 15.7. The summed E-state index contributed by atoms with van der Waals surface area (Å²) in [6.07, 6.45) is 0.884. The van der Waals surface area contributed by atoms with E-state index in [1.165, 1.54) is 0 Å². The van der Waals surface area contributed by atoms with E-state index in [1.54, 1.807) is 20.1 Å². The van der Waals surface area contributed by atoms with Gasteiger partial charge in [-0.05, 0) is 26.0 Å². The molecule has 0 aromatic carbocycles. The number of aromatic carboxylic acids is 1. The number of aryl methyl sites for hydroxylation is 1. The predicted molar refractivity (Wildman–Crippen MR) is 69.4 cm³/mol. The lowest BCUT2D eigenvalue weighted by Crippen LogP contribution is -2.16.